The van der Waals surface area contributed by atoms with Crippen LogP contribution in [0, 0.1) is 0 Å². The molecule has 0 amide bonds. The Hall–Kier alpha value is -1.88. The van der Waals surface area contributed by atoms with E-state index in [0.29, 0.717) is 6.54 Å². The zero-order valence-corrected chi connectivity index (χ0v) is 9.92. The van der Waals surface area contributed by atoms with Crippen molar-refractivity contribution in [3.63, 3.8) is 0 Å². The Morgan fingerprint density at radius 3 is 2.94 bits per heavy atom. The number of aromatic nitrogens is 2. The number of rotatable bonds is 4. The Labute approximate surface area is 99.3 Å². The average molecular weight is 233 g/mol. The van der Waals surface area contributed by atoms with Crippen molar-refractivity contribution in [2.75, 3.05) is 13.6 Å². The molecule has 0 spiro atoms. The third kappa shape index (κ3) is 2.14. The molecule has 2 rings (SSSR count). The van der Waals surface area contributed by atoms with Crippen LogP contribution in [-0.2, 0) is 6.54 Å². The Kier molecular flexibility index (Phi) is 3.10. The van der Waals surface area contributed by atoms with Gasteiger partial charge in [0.15, 0.2) is 0 Å². The summed E-state index contributed by atoms with van der Waals surface area (Å²) in [4.78, 5) is 17.4. The van der Waals surface area contributed by atoms with E-state index in [1.54, 1.807) is 16.7 Å². The largest absolute Gasteiger partial charge is 0.475 e. The highest BCUT2D eigenvalue weighted by Crippen LogP contribution is 2.14. The topological polar surface area (TPSA) is 57.8 Å². The quantitative estimate of drug-likeness (QED) is 0.869. The molecule has 90 valence electrons. The smallest absolute Gasteiger partial charge is 0.372 e. The molecule has 2 heterocycles. The number of hydrogen-bond donors (Lipinski definition) is 1. The van der Waals surface area contributed by atoms with Crippen molar-refractivity contribution in [3.8, 4) is 0 Å². The van der Waals surface area contributed by atoms with Crippen LogP contribution in [0.5, 0.6) is 0 Å². The molecule has 0 aliphatic rings. The first kappa shape index (κ1) is 11.6. The van der Waals surface area contributed by atoms with E-state index >= 15 is 0 Å². The summed E-state index contributed by atoms with van der Waals surface area (Å²) >= 11 is 0. The second-order valence-corrected chi connectivity index (χ2v) is 3.97. The van der Waals surface area contributed by atoms with E-state index in [4.69, 9.17) is 5.11 Å². The Morgan fingerprint density at radius 2 is 2.29 bits per heavy atom. The van der Waals surface area contributed by atoms with Crippen LogP contribution >= 0.6 is 0 Å². The van der Waals surface area contributed by atoms with Gasteiger partial charge in [0.05, 0.1) is 11.2 Å². The highest BCUT2D eigenvalue weighted by atomic mass is 16.4. The van der Waals surface area contributed by atoms with Gasteiger partial charge in [-0.2, -0.15) is 0 Å². The second-order valence-electron chi connectivity index (χ2n) is 3.97. The lowest BCUT2D eigenvalue weighted by Crippen LogP contribution is -2.17. The van der Waals surface area contributed by atoms with Gasteiger partial charge in [-0.05, 0) is 25.7 Å². The van der Waals surface area contributed by atoms with Gasteiger partial charge in [-0.1, -0.05) is 13.0 Å². The van der Waals surface area contributed by atoms with Crippen molar-refractivity contribution in [1.29, 1.82) is 0 Å². The van der Waals surface area contributed by atoms with Crippen molar-refractivity contribution < 1.29 is 9.90 Å². The normalized spacial score (nSPS) is 11.2. The van der Waals surface area contributed by atoms with Gasteiger partial charge in [0, 0.05) is 12.7 Å². The molecule has 5 heteroatoms. The lowest BCUT2D eigenvalue weighted by Gasteiger charge is -2.11. The molecule has 2 aromatic heterocycles. The van der Waals surface area contributed by atoms with E-state index in [1.807, 2.05) is 19.2 Å². The lowest BCUT2D eigenvalue weighted by atomic mass is 10.3. The number of pyridine rings is 1. The fraction of sp³-hybridized carbons (Fsp3) is 0.333. The standard InChI is InChI=1S/C12H15N3O2/c1-3-14(2)8-9-10-6-4-5-7-15(10)11(13-9)12(16)17/h4-7H,3,8H2,1-2H3,(H,16,17). The van der Waals surface area contributed by atoms with E-state index in [2.05, 4.69) is 16.8 Å². The van der Waals surface area contributed by atoms with Crippen LogP contribution in [0.15, 0.2) is 24.4 Å². The maximum atomic E-state index is 11.1. The molecule has 0 aromatic carbocycles. The molecular weight excluding hydrogens is 218 g/mol. The van der Waals surface area contributed by atoms with Crippen LogP contribution in [-0.4, -0.2) is 39.0 Å². The number of hydrogen-bond acceptors (Lipinski definition) is 3. The molecule has 0 saturated heterocycles. The van der Waals surface area contributed by atoms with Crippen LogP contribution < -0.4 is 0 Å². The summed E-state index contributed by atoms with van der Waals surface area (Å²) in [6, 6.07) is 5.57. The Bertz CT molecular complexity index is 548. The molecule has 0 bridgehead atoms. The Morgan fingerprint density at radius 1 is 1.53 bits per heavy atom. The van der Waals surface area contributed by atoms with Crippen molar-refractivity contribution >= 4 is 11.5 Å². The number of imidazole rings is 1. The van der Waals surface area contributed by atoms with E-state index < -0.39 is 5.97 Å². The van der Waals surface area contributed by atoms with E-state index in [0.717, 1.165) is 17.8 Å². The molecule has 5 nitrogen and oxygen atoms in total. The Balaban J connectivity index is 2.52. The molecule has 2 aromatic rings. The van der Waals surface area contributed by atoms with Gasteiger partial charge in [-0.15, -0.1) is 0 Å². The molecule has 0 radical (unpaired) electrons. The van der Waals surface area contributed by atoms with Gasteiger partial charge in [0.2, 0.25) is 5.82 Å². The van der Waals surface area contributed by atoms with Crippen molar-refractivity contribution in [3.05, 3.63) is 35.9 Å². The summed E-state index contributed by atoms with van der Waals surface area (Å²) in [6.07, 6.45) is 1.72. The van der Waals surface area contributed by atoms with Crippen LogP contribution in [0.1, 0.15) is 23.2 Å². The minimum absolute atomic E-state index is 0.0695. The van der Waals surface area contributed by atoms with E-state index in [1.165, 1.54) is 0 Å². The third-order valence-corrected chi connectivity index (χ3v) is 2.78. The number of carboxylic acids is 1. The molecule has 0 saturated carbocycles. The summed E-state index contributed by atoms with van der Waals surface area (Å²) in [5.41, 5.74) is 1.65. The number of aromatic carboxylic acids is 1. The first-order chi connectivity index (χ1) is 8.13. The molecule has 0 aliphatic carbocycles. The zero-order chi connectivity index (χ0) is 12.4. The fourth-order valence-electron chi connectivity index (χ4n) is 1.74. The second kappa shape index (κ2) is 4.55. The van der Waals surface area contributed by atoms with Gasteiger partial charge in [-0.25, -0.2) is 9.78 Å². The molecule has 0 fully saturated rings. The molecular formula is C12H15N3O2. The zero-order valence-electron chi connectivity index (χ0n) is 9.92. The van der Waals surface area contributed by atoms with Crippen LogP contribution in [0.2, 0.25) is 0 Å². The first-order valence-corrected chi connectivity index (χ1v) is 5.51. The van der Waals surface area contributed by atoms with E-state index in [-0.39, 0.29) is 5.82 Å². The minimum Gasteiger partial charge on any atom is -0.475 e. The van der Waals surface area contributed by atoms with Gasteiger partial charge in [0.1, 0.15) is 0 Å². The average Bonchev–Trinajstić information content (AvgIpc) is 2.68. The number of carbonyl (C=O) groups is 1. The van der Waals surface area contributed by atoms with Crippen LogP contribution in [0.3, 0.4) is 0 Å². The van der Waals surface area contributed by atoms with Crippen molar-refractivity contribution in [2.24, 2.45) is 0 Å². The molecule has 0 atom stereocenters. The molecule has 0 unspecified atom stereocenters. The summed E-state index contributed by atoms with van der Waals surface area (Å²) in [7, 11) is 1.98. The van der Waals surface area contributed by atoms with Crippen molar-refractivity contribution in [2.45, 2.75) is 13.5 Å². The van der Waals surface area contributed by atoms with Crippen LogP contribution in [0.25, 0.3) is 5.52 Å². The predicted molar refractivity (Wildman–Crippen MR) is 64.2 cm³/mol. The lowest BCUT2D eigenvalue weighted by molar-refractivity contribution is 0.0682. The van der Waals surface area contributed by atoms with E-state index in [9.17, 15) is 4.79 Å². The highest BCUT2D eigenvalue weighted by Gasteiger charge is 2.16. The summed E-state index contributed by atoms with van der Waals surface area (Å²) in [5.74, 6) is -0.934. The summed E-state index contributed by atoms with van der Waals surface area (Å²) in [6.45, 7) is 3.60. The molecule has 1 N–H and O–H groups in total. The summed E-state index contributed by atoms with van der Waals surface area (Å²) in [5, 5.41) is 9.09. The number of nitrogens with zero attached hydrogens (tertiary/aromatic N) is 3. The SMILES string of the molecule is CCN(C)Cc1nc(C(=O)O)n2ccccc12. The van der Waals surface area contributed by atoms with Crippen molar-refractivity contribution in [1.82, 2.24) is 14.3 Å². The number of fused-ring (bicyclic) bond motifs is 1. The maximum absolute atomic E-state index is 11.1. The highest BCUT2D eigenvalue weighted by molar-refractivity contribution is 5.85. The number of carboxylic acid groups (broad SMARTS) is 1. The van der Waals surface area contributed by atoms with Gasteiger partial charge < -0.3 is 10.0 Å². The predicted octanol–water partition coefficient (Wildman–Crippen LogP) is 1.48. The molecule has 0 aliphatic heterocycles. The third-order valence-electron chi connectivity index (χ3n) is 2.78. The first-order valence-electron chi connectivity index (χ1n) is 5.51. The molecule has 17 heavy (non-hydrogen) atoms. The summed E-state index contributed by atoms with van der Waals surface area (Å²) < 4.78 is 1.61. The monoisotopic (exact) mass is 233 g/mol. The van der Waals surface area contributed by atoms with Gasteiger partial charge in [-0.3, -0.25) is 4.40 Å². The van der Waals surface area contributed by atoms with Crippen LogP contribution in [0.4, 0.5) is 0 Å². The van der Waals surface area contributed by atoms with Gasteiger partial charge in [0.25, 0.3) is 0 Å². The minimum atomic E-state index is -1.00. The fourth-order valence-corrected chi connectivity index (χ4v) is 1.74. The maximum Gasteiger partial charge on any atom is 0.372 e. The van der Waals surface area contributed by atoms with Gasteiger partial charge >= 0.3 is 5.97 Å².